The maximum Gasteiger partial charge on any atom is 0.417 e. The van der Waals surface area contributed by atoms with E-state index in [9.17, 15) is 14.7 Å². The van der Waals surface area contributed by atoms with Crippen molar-refractivity contribution in [2.45, 2.75) is 51.9 Å². The van der Waals surface area contributed by atoms with Gasteiger partial charge in [-0.2, -0.15) is 0 Å². The van der Waals surface area contributed by atoms with Crippen molar-refractivity contribution in [3.63, 3.8) is 0 Å². The van der Waals surface area contributed by atoms with Crippen LogP contribution < -0.4 is 0 Å². The van der Waals surface area contributed by atoms with E-state index < -0.39 is 23.8 Å². The SMILES string of the molecule is C[C@@H]1[C@H](O)CC(=O)N1C(=O)OC(C)(C)C. The molecule has 15 heavy (non-hydrogen) atoms. The van der Waals surface area contributed by atoms with E-state index in [1.54, 1.807) is 27.7 Å². The molecule has 1 N–H and O–H groups in total. The van der Waals surface area contributed by atoms with Crippen molar-refractivity contribution in [2.24, 2.45) is 0 Å². The highest BCUT2D eigenvalue weighted by molar-refractivity contribution is 5.94. The van der Waals surface area contributed by atoms with Crippen molar-refractivity contribution >= 4 is 12.0 Å². The third-order valence-corrected chi connectivity index (χ3v) is 2.21. The molecule has 0 aromatic carbocycles. The molecular weight excluding hydrogens is 198 g/mol. The standard InChI is InChI=1S/C10H17NO4/c1-6-7(12)5-8(13)11(6)9(14)15-10(2,3)4/h6-7,12H,5H2,1-4H3/t6-,7-/m1/s1. The van der Waals surface area contributed by atoms with E-state index >= 15 is 0 Å². The molecule has 2 atom stereocenters. The van der Waals surface area contributed by atoms with Crippen molar-refractivity contribution in [3.05, 3.63) is 0 Å². The van der Waals surface area contributed by atoms with Gasteiger partial charge in [-0.05, 0) is 27.7 Å². The Morgan fingerprint density at radius 3 is 2.40 bits per heavy atom. The van der Waals surface area contributed by atoms with Crippen LogP contribution in [0, 0.1) is 0 Å². The van der Waals surface area contributed by atoms with Crippen molar-refractivity contribution in [3.8, 4) is 0 Å². The second-order valence-electron chi connectivity index (χ2n) is 4.76. The minimum absolute atomic E-state index is 0.0135. The van der Waals surface area contributed by atoms with E-state index in [-0.39, 0.29) is 12.3 Å². The first-order chi connectivity index (χ1) is 6.72. The van der Waals surface area contributed by atoms with Crippen LogP contribution in [0.1, 0.15) is 34.1 Å². The lowest BCUT2D eigenvalue weighted by Gasteiger charge is -2.26. The van der Waals surface area contributed by atoms with E-state index in [2.05, 4.69) is 0 Å². The van der Waals surface area contributed by atoms with Crippen molar-refractivity contribution in [1.82, 2.24) is 4.90 Å². The Kier molecular flexibility index (Phi) is 3.04. The lowest BCUT2D eigenvalue weighted by atomic mass is 10.2. The van der Waals surface area contributed by atoms with Gasteiger partial charge in [-0.25, -0.2) is 9.69 Å². The Morgan fingerprint density at radius 1 is 1.53 bits per heavy atom. The number of aliphatic hydroxyl groups is 1. The summed E-state index contributed by atoms with van der Waals surface area (Å²) in [5.41, 5.74) is -0.634. The average molecular weight is 215 g/mol. The summed E-state index contributed by atoms with van der Waals surface area (Å²) in [6.07, 6.45) is -1.48. The summed E-state index contributed by atoms with van der Waals surface area (Å²) in [4.78, 5) is 24.0. The maximum atomic E-state index is 11.6. The molecule has 86 valence electrons. The Labute approximate surface area is 89.0 Å². The molecule has 2 amide bonds. The Morgan fingerprint density at radius 2 is 2.07 bits per heavy atom. The summed E-state index contributed by atoms with van der Waals surface area (Å²) in [7, 11) is 0. The monoisotopic (exact) mass is 215 g/mol. The number of hydrogen-bond acceptors (Lipinski definition) is 4. The summed E-state index contributed by atoms with van der Waals surface area (Å²) >= 11 is 0. The number of carbonyl (C=O) groups is 2. The fourth-order valence-corrected chi connectivity index (χ4v) is 1.43. The molecule has 0 radical (unpaired) electrons. The zero-order chi connectivity index (χ0) is 11.8. The molecule has 1 saturated heterocycles. The summed E-state index contributed by atoms with van der Waals surface area (Å²) in [6, 6.07) is -0.507. The third-order valence-electron chi connectivity index (χ3n) is 2.21. The molecule has 0 saturated carbocycles. The van der Waals surface area contributed by atoms with Crippen LogP contribution in [0.4, 0.5) is 4.79 Å². The highest BCUT2D eigenvalue weighted by Crippen LogP contribution is 2.21. The van der Waals surface area contributed by atoms with Crippen LogP contribution in [-0.4, -0.2) is 39.8 Å². The van der Waals surface area contributed by atoms with Gasteiger partial charge >= 0.3 is 6.09 Å². The largest absolute Gasteiger partial charge is 0.443 e. The highest BCUT2D eigenvalue weighted by atomic mass is 16.6. The number of imide groups is 1. The van der Waals surface area contributed by atoms with E-state index in [0.717, 1.165) is 4.90 Å². The molecule has 0 aliphatic carbocycles. The molecule has 5 heteroatoms. The van der Waals surface area contributed by atoms with Gasteiger partial charge in [0.1, 0.15) is 5.60 Å². The molecule has 0 bridgehead atoms. The van der Waals surface area contributed by atoms with E-state index in [4.69, 9.17) is 4.74 Å². The predicted molar refractivity (Wildman–Crippen MR) is 53.2 cm³/mol. The van der Waals surface area contributed by atoms with Gasteiger partial charge in [-0.3, -0.25) is 4.79 Å². The Balaban J connectivity index is 2.72. The minimum Gasteiger partial charge on any atom is -0.443 e. The highest BCUT2D eigenvalue weighted by Gasteiger charge is 2.41. The lowest BCUT2D eigenvalue weighted by molar-refractivity contribution is -0.127. The average Bonchev–Trinajstić information content (AvgIpc) is 2.22. The van der Waals surface area contributed by atoms with Gasteiger partial charge < -0.3 is 9.84 Å². The molecule has 0 aromatic heterocycles. The van der Waals surface area contributed by atoms with E-state index in [1.165, 1.54) is 0 Å². The molecule has 1 fully saturated rings. The quantitative estimate of drug-likeness (QED) is 0.652. The second kappa shape index (κ2) is 3.81. The molecular formula is C10H17NO4. The van der Waals surface area contributed by atoms with Crippen LogP contribution in [0.2, 0.25) is 0 Å². The smallest absolute Gasteiger partial charge is 0.417 e. The second-order valence-corrected chi connectivity index (χ2v) is 4.76. The summed E-state index contributed by atoms with van der Waals surface area (Å²) in [6.45, 7) is 6.81. The van der Waals surface area contributed by atoms with E-state index in [0.29, 0.717) is 0 Å². The van der Waals surface area contributed by atoms with Crippen molar-refractivity contribution in [1.29, 1.82) is 0 Å². The van der Waals surface area contributed by atoms with Crippen LogP contribution >= 0.6 is 0 Å². The van der Waals surface area contributed by atoms with Crippen molar-refractivity contribution in [2.75, 3.05) is 0 Å². The normalized spacial score (nSPS) is 27.0. The molecule has 0 aromatic rings. The summed E-state index contributed by atoms with van der Waals surface area (Å²) < 4.78 is 5.07. The maximum absolute atomic E-state index is 11.6. The predicted octanol–water partition coefficient (Wildman–Crippen LogP) is 0.903. The van der Waals surface area contributed by atoms with E-state index in [1.807, 2.05) is 0 Å². The number of likely N-dealkylation sites (tertiary alicyclic amines) is 1. The number of aliphatic hydroxyl groups excluding tert-OH is 1. The van der Waals surface area contributed by atoms with Gasteiger partial charge in [0.05, 0.1) is 18.6 Å². The van der Waals surface area contributed by atoms with Crippen molar-refractivity contribution < 1.29 is 19.4 Å². The minimum atomic E-state index is -0.787. The van der Waals surface area contributed by atoms with Crippen LogP contribution in [0.15, 0.2) is 0 Å². The molecule has 1 heterocycles. The fraction of sp³-hybridized carbons (Fsp3) is 0.800. The summed E-state index contributed by atoms with van der Waals surface area (Å²) in [5.74, 6) is -0.385. The Hall–Kier alpha value is -1.10. The number of amides is 2. The lowest BCUT2D eigenvalue weighted by Crippen LogP contribution is -2.42. The first kappa shape index (κ1) is 12.0. The van der Waals surface area contributed by atoms with Crippen LogP contribution in [0.3, 0.4) is 0 Å². The zero-order valence-electron chi connectivity index (χ0n) is 9.48. The third kappa shape index (κ3) is 2.68. The zero-order valence-corrected chi connectivity index (χ0v) is 9.48. The number of rotatable bonds is 0. The van der Waals surface area contributed by atoms with Crippen LogP contribution in [0.5, 0.6) is 0 Å². The number of ether oxygens (including phenoxy) is 1. The molecule has 1 aliphatic heterocycles. The van der Waals surface area contributed by atoms with Gasteiger partial charge in [-0.1, -0.05) is 0 Å². The molecule has 5 nitrogen and oxygen atoms in total. The first-order valence-corrected chi connectivity index (χ1v) is 4.95. The van der Waals surface area contributed by atoms with Gasteiger partial charge in [0.25, 0.3) is 0 Å². The van der Waals surface area contributed by atoms with Gasteiger partial charge in [0.2, 0.25) is 5.91 Å². The molecule has 0 unspecified atom stereocenters. The van der Waals surface area contributed by atoms with Crippen LogP contribution in [0.25, 0.3) is 0 Å². The molecule has 0 spiro atoms. The van der Waals surface area contributed by atoms with Gasteiger partial charge in [0.15, 0.2) is 0 Å². The number of hydrogen-bond donors (Lipinski definition) is 1. The molecule has 1 aliphatic rings. The number of nitrogens with zero attached hydrogens (tertiary/aromatic N) is 1. The molecule has 1 rings (SSSR count). The number of carbonyl (C=O) groups excluding carboxylic acids is 2. The summed E-state index contributed by atoms with van der Waals surface area (Å²) in [5, 5.41) is 9.42. The topological polar surface area (TPSA) is 66.8 Å². The van der Waals surface area contributed by atoms with Gasteiger partial charge in [0, 0.05) is 0 Å². The van der Waals surface area contributed by atoms with Gasteiger partial charge in [-0.15, -0.1) is 0 Å². The fourth-order valence-electron chi connectivity index (χ4n) is 1.43. The Bertz CT molecular complexity index is 282. The van der Waals surface area contributed by atoms with Crippen LogP contribution in [-0.2, 0) is 9.53 Å². The first-order valence-electron chi connectivity index (χ1n) is 4.95.